The van der Waals surface area contributed by atoms with Crippen molar-refractivity contribution < 1.29 is 9.63 Å². The van der Waals surface area contributed by atoms with Crippen LogP contribution < -0.4 is 10.8 Å². The summed E-state index contributed by atoms with van der Waals surface area (Å²) in [5.74, 6) is -0.226. The van der Waals surface area contributed by atoms with Gasteiger partial charge >= 0.3 is 0 Å². The molecule has 1 atom stereocenters. The van der Waals surface area contributed by atoms with Crippen LogP contribution in [-0.4, -0.2) is 25.1 Å². The molecule has 0 aromatic heterocycles. The summed E-state index contributed by atoms with van der Waals surface area (Å²) in [7, 11) is 0. The summed E-state index contributed by atoms with van der Waals surface area (Å²) in [6.45, 7) is 1.54. The number of benzene rings is 1. The van der Waals surface area contributed by atoms with Crippen LogP contribution in [0.5, 0.6) is 0 Å². The fraction of sp³-hybridized carbons (Fsp3) is 0.417. The summed E-state index contributed by atoms with van der Waals surface area (Å²) in [5, 5.41) is 3.30. The van der Waals surface area contributed by atoms with E-state index in [1.54, 1.807) is 6.07 Å². The van der Waals surface area contributed by atoms with Crippen LogP contribution in [0.4, 0.5) is 0 Å². The van der Waals surface area contributed by atoms with Gasteiger partial charge in [0.15, 0.2) is 0 Å². The molecule has 4 nitrogen and oxygen atoms in total. The van der Waals surface area contributed by atoms with Crippen molar-refractivity contribution in [3.8, 4) is 0 Å². The number of hydroxylamine groups is 1. The zero-order valence-electron chi connectivity index (χ0n) is 9.41. The van der Waals surface area contributed by atoms with Crippen molar-refractivity contribution in [1.29, 1.82) is 0 Å². The summed E-state index contributed by atoms with van der Waals surface area (Å²) < 4.78 is 0.764. The number of nitrogens with one attached hydrogen (secondary N) is 2. The third-order valence-corrected chi connectivity index (χ3v) is 3.42. The Morgan fingerprint density at radius 2 is 2.35 bits per heavy atom. The Balaban J connectivity index is 1.79. The SMILES string of the molecule is O=C(NOCC1CCCN1)c1ccccc1Br. The molecule has 0 saturated carbocycles. The standard InChI is InChI=1S/C12H15BrN2O2/c13-11-6-2-1-5-10(11)12(16)15-17-8-9-4-3-7-14-9/h1-2,5-6,9,14H,3-4,7-8H2,(H,15,16). The first-order chi connectivity index (χ1) is 8.27. The first kappa shape index (κ1) is 12.5. The van der Waals surface area contributed by atoms with Crippen molar-refractivity contribution in [1.82, 2.24) is 10.8 Å². The predicted octanol–water partition coefficient (Wildman–Crippen LogP) is 1.86. The molecular formula is C12H15BrN2O2. The van der Waals surface area contributed by atoms with Gasteiger partial charge in [-0.25, -0.2) is 5.48 Å². The van der Waals surface area contributed by atoms with Gasteiger partial charge < -0.3 is 5.32 Å². The van der Waals surface area contributed by atoms with E-state index in [0.717, 1.165) is 17.4 Å². The summed E-state index contributed by atoms with van der Waals surface area (Å²) in [5.41, 5.74) is 3.03. The molecule has 1 aliphatic rings. The molecule has 2 N–H and O–H groups in total. The highest BCUT2D eigenvalue weighted by molar-refractivity contribution is 9.10. The molecule has 1 fully saturated rings. The number of hydrogen-bond acceptors (Lipinski definition) is 3. The fourth-order valence-corrected chi connectivity index (χ4v) is 2.27. The lowest BCUT2D eigenvalue weighted by molar-refractivity contribution is 0.0242. The van der Waals surface area contributed by atoms with E-state index in [1.165, 1.54) is 6.42 Å². The highest BCUT2D eigenvalue weighted by Crippen LogP contribution is 2.15. The molecule has 2 rings (SSSR count). The first-order valence-corrected chi connectivity index (χ1v) is 6.46. The maximum atomic E-state index is 11.8. The molecule has 1 aromatic carbocycles. The molecule has 1 saturated heterocycles. The topological polar surface area (TPSA) is 50.4 Å². The molecule has 1 unspecified atom stereocenters. The summed E-state index contributed by atoms with van der Waals surface area (Å²) in [6, 6.07) is 7.61. The molecule has 1 heterocycles. The Hall–Kier alpha value is -0.910. The Kier molecular flexibility index (Phi) is 4.53. The Morgan fingerprint density at radius 1 is 1.53 bits per heavy atom. The second-order valence-electron chi connectivity index (χ2n) is 4.02. The van der Waals surface area contributed by atoms with Crippen LogP contribution >= 0.6 is 15.9 Å². The molecule has 0 bridgehead atoms. The maximum absolute atomic E-state index is 11.8. The number of halogens is 1. The van der Waals surface area contributed by atoms with Crippen molar-refractivity contribution in [3.05, 3.63) is 34.3 Å². The molecule has 1 amide bonds. The third kappa shape index (κ3) is 3.52. The van der Waals surface area contributed by atoms with E-state index in [2.05, 4.69) is 26.7 Å². The molecule has 0 aliphatic carbocycles. The van der Waals surface area contributed by atoms with Crippen LogP contribution in [0, 0.1) is 0 Å². The predicted molar refractivity (Wildman–Crippen MR) is 68.6 cm³/mol. The number of carbonyl (C=O) groups excluding carboxylic acids is 1. The molecule has 0 spiro atoms. The van der Waals surface area contributed by atoms with Gasteiger partial charge in [-0.15, -0.1) is 0 Å². The van der Waals surface area contributed by atoms with E-state index in [1.807, 2.05) is 18.2 Å². The first-order valence-electron chi connectivity index (χ1n) is 5.67. The van der Waals surface area contributed by atoms with Gasteiger partial charge in [0.25, 0.3) is 5.91 Å². The van der Waals surface area contributed by atoms with E-state index in [9.17, 15) is 4.79 Å². The lowest BCUT2D eigenvalue weighted by Crippen LogP contribution is -2.33. The van der Waals surface area contributed by atoms with Gasteiger partial charge in [-0.2, -0.15) is 0 Å². The van der Waals surface area contributed by atoms with Gasteiger partial charge in [0.2, 0.25) is 0 Å². The molecule has 17 heavy (non-hydrogen) atoms. The smallest absolute Gasteiger partial charge is 0.275 e. The number of rotatable bonds is 4. The van der Waals surface area contributed by atoms with Crippen molar-refractivity contribution in [2.45, 2.75) is 18.9 Å². The number of carbonyl (C=O) groups is 1. The van der Waals surface area contributed by atoms with Gasteiger partial charge in [-0.3, -0.25) is 9.63 Å². The van der Waals surface area contributed by atoms with Crippen LogP contribution in [0.25, 0.3) is 0 Å². The Labute approximate surface area is 109 Å². The van der Waals surface area contributed by atoms with Gasteiger partial charge in [0.1, 0.15) is 0 Å². The minimum atomic E-state index is -0.226. The van der Waals surface area contributed by atoms with E-state index in [-0.39, 0.29) is 5.91 Å². The van der Waals surface area contributed by atoms with E-state index in [0.29, 0.717) is 18.2 Å². The van der Waals surface area contributed by atoms with E-state index < -0.39 is 0 Å². The quantitative estimate of drug-likeness (QED) is 0.834. The minimum absolute atomic E-state index is 0.226. The van der Waals surface area contributed by atoms with E-state index >= 15 is 0 Å². The maximum Gasteiger partial charge on any atom is 0.275 e. The van der Waals surface area contributed by atoms with Crippen molar-refractivity contribution >= 4 is 21.8 Å². The molecule has 5 heteroatoms. The molecule has 92 valence electrons. The fourth-order valence-electron chi connectivity index (χ4n) is 1.81. The monoisotopic (exact) mass is 298 g/mol. The summed E-state index contributed by atoms with van der Waals surface area (Å²) in [4.78, 5) is 17.0. The second-order valence-corrected chi connectivity index (χ2v) is 4.87. The van der Waals surface area contributed by atoms with Gasteiger partial charge in [-0.05, 0) is 47.4 Å². The average molecular weight is 299 g/mol. The van der Waals surface area contributed by atoms with Crippen molar-refractivity contribution in [2.75, 3.05) is 13.2 Å². The average Bonchev–Trinajstić information content (AvgIpc) is 2.82. The zero-order chi connectivity index (χ0) is 12.1. The van der Waals surface area contributed by atoms with Crippen LogP contribution in [0.2, 0.25) is 0 Å². The number of hydrogen-bond donors (Lipinski definition) is 2. The molecule has 1 aromatic rings. The molecule has 1 aliphatic heterocycles. The van der Waals surface area contributed by atoms with Gasteiger partial charge in [-0.1, -0.05) is 12.1 Å². The summed E-state index contributed by atoms with van der Waals surface area (Å²) in [6.07, 6.45) is 2.27. The van der Waals surface area contributed by atoms with Crippen molar-refractivity contribution in [2.24, 2.45) is 0 Å². The highest BCUT2D eigenvalue weighted by Gasteiger charge is 2.15. The molecule has 0 radical (unpaired) electrons. The molecular weight excluding hydrogens is 284 g/mol. The minimum Gasteiger partial charge on any atom is -0.312 e. The van der Waals surface area contributed by atoms with Crippen LogP contribution in [0.15, 0.2) is 28.7 Å². The lowest BCUT2D eigenvalue weighted by Gasteiger charge is -2.11. The van der Waals surface area contributed by atoms with Crippen LogP contribution in [0.3, 0.4) is 0 Å². The van der Waals surface area contributed by atoms with E-state index in [4.69, 9.17) is 4.84 Å². The number of amides is 1. The van der Waals surface area contributed by atoms with Gasteiger partial charge in [0, 0.05) is 10.5 Å². The summed E-state index contributed by atoms with van der Waals surface area (Å²) >= 11 is 3.33. The van der Waals surface area contributed by atoms with Crippen LogP contribution in [0.1, 0.15) is 23.2 Å². The second kappa shape index (κ2) is 6.14. The highest BCUT2D eigenvalue weighted by atomic mass is 79.9. The largest absolute Gasteiger partial charge is 0.312 e. The Morgan fingerprint density at radius 3 is 3.06 bits per heavy atom. The third-order valence-electron chi connectivity index (χ3n) is 2.73. The normalized spacial score (nSPS) is 19.2. The zero-order valence-corrected chi connectivity index (χ0v) is 11.0. The van der Waals surface area contributed by atoms with Gasteiger partial charge in [0.05, 0.1) is 12.2 Å². The lowest BCUT2D eigenvalue weighted by atomic mass is 10.2. The Bertz CT molecular complexity index is 392. The van der Waals surface area contributed by atoms with Crippen molar-refractivity contribution in [3.63, 3.8) is 0 Å². The van der Waals surface area contributed by atoms with Crippen LogP contribution in [-0.2, 0) is 4.84 Å².